The van der Waals surface area contributed by atoms with Gasteiger partial charge in [-0.2, -0.15) is 4.98 Å². The molecule has 0 atom stereocenters. The topological polar surface area (TPSA) is 77.3 Å². The standard InChI is InChI=1S/C23H24FN3O3/c1-29-20-13-9-18(10-14-20)23-26-22(30-27-23)5-3-2-4-16-25-21(28)15-8-17-6-11-19(24)12-7-17/h6-15H,2-5,16H2,1H3,(H,25,28)/b15-8+. The average Bonchev–Trinajstić information content (AvgIpc) is 3.25. The van der Waals surface area contributed by atoms with E-state index >= 15 is 0 Å². The van der Waals surface area contributed by atoms with Crippen molar-refractivity contribution in [2.24, 2.45) is 0 Å². The fourth-order valence-electron chi connectivity index (χ4n) is 2.81. The summed E-state index contributed by atoms with van der Waals surface area (Å²) in [6.07, 6.45) is 6.49. The van der Waals surface area contributed by atoms with Crippen LogP contribution < -0.4 is 10.1 Å². The van der Waals surface area contributed by atoms with Crippen LogP contribution in [0, 0.1) is 5.82 Å². The highest BCUT2D eigenvalue weighted by molar-refractivity contribution is 5.91. The maximum atomic E-state index is 12.8. The third-order valence-corrected chi connectivity index (χ3v) is 4.48. The second-order valence-electron chi connectivity index (χ2n) is 6.73. The molecular weight excluding hydrogens is 385 g/mol. The summed E-state index contributed by atoms with van der Waals surface area (Å²) >= 11 is 0. The average molecular weight is 409 g/mol. The van der Waals surface area contributed by atoms with Gasteiger partial charge in [0.1, 0.15) is 11.6 Å². The van der Waals surface area contributed by atoms with Crippen molar-refractivity contribution in [3.8, 4) is 17.1 Å². The third-order valence-electron chi connectivity index (χ3n) is 4.48. The molecule has 0 radical (unpaired) electrons. The number of methoxy groups -OCH3 is 1. The molecule has 3 rings (SSSR count). The molecule has 6 nitrogen and oxygen atoms in total. The number of hydrogen-bond acceptors (Lipinski definition) is 5. The Bertz CT molecular complexity index is 966. The molecule has 0 saturated heterocycles. The number of aromatic nitrogens is 2. The number of ether oxygens (including phenoxy) is 1. The highest BCUT2D eigenvalue weighted by atomic mass is 19.1. The number of carbonyl (C=O) groups is 1. The number of benzene rings is 2. The Kier molecular flexibility index (Phi) is 7.71. The van der Waals surface area contributed by atoms with Gasteiger partial charge in [-0.15, -0.1) is 0 Å². The Balaban J connectivity index is 1.32. The van der Waals surface area contributed by atoms with Crippen molar-refractivity contribution < 1.29 is 18.4 Å². The number of nitrogens with one attached hydrogen (secondary N) is 1. The van der Waals surface area contributed by atoms with E-state index in [1.165, 1.54) is 18.2 Å². The van der Waals surface area contributed by atoms with Crippen LogP contribution >= 0.6 is 0 Å². The number of unbranched alkanes of at least 4 members (excludes halogenated alkanes) is 2. The van der Waals surface area contributed by atoms with Crippen LogP contribution in [0.3, 0.4) is 0 Å². The second kappa shape index (κ2) is 10.9. The van der Waals surface area contributed by atoms with Crippen molar-refractivity contribution in [1.29, 1.82) is 0 Å². The van der Waals surface area contributed by atoms with Gasteiger partial charge in [-0.05, 0) is 60.9 Å². The van der Waals surface area contributed by atoms with Crippen LogP contribution in [-0.4, -0.2) is 29.7 Å². The molecule has 2 aromatic carbocycles. The fourth-order valence-corrected chi connectivity index (χ4v) is 2.81. The summed E-state index contributed by atoms with van der Waals surface area (Å²) in [5, 5.41) is 6.85. The number of aryl methyl sites for hydroxylation is 1. The minimum atomic E-state index is -0.297. The summed E-state index contributed by atoms with van der Waals surface area (Å²) in [6, 6.07) is 13.5. The molecule has 3 aromatic rings. The molecule has 0 fully saturated rings. The summed E-state index contributed by atoms with van der Waals surface area (Å²) in [6.45, 7) is 0.591. The van der Waals surface area contributed by atoms with Gasteiger partial charge >= 0.3 is 0 Å². The lowest BCUT2D eigenvalue weighted by molar-refractivity contribution is -0.116. The molecule has 156 valence electrons. The highest BCUT2D eigenvalue weighted by Gasteiger charge is 2.08. The molecular formula is C23H24FN3O3. The van der Waals surface area contributed by atoms with Gasteiger partial charge in [0, 0.05) is 24.6 Å². The van der Waals surface area contributed by atoms with Crippen molar-refractivity contribution in [1.82, 2.24) is 15.5 Å². The number of amides is 1. The molecule has 1 heterocycles. The minimum absolute atomic E-state index is 0.166. The zero-order valence-corrected chi connectivity index (χ0v) is 16.8. The molecule has 7 heteroatoms. The summed E-state index contributed by atoms with van der Waals surface area (Å²) in [4.78, 5) is 16.2. The van der Waals surface area contributed by atoms with Crippen LogP contribution in [0.1, 0.15) is 30.7 Å². The van der Waals surface area contributed by atoms with Crippen molar-refractivity contribution >= 4 is 12.0 Å². The molecule has 0 spiro atoms. The van der Waals surface area contributed by atoms with E-state index in [4.69, 9.17) is 9.26 Å². The monoisotopic (exact) mass is 409 g/mol. The molecule has 0 aliphatic rings. The number of rotatable bonds is 10. The molecule has 30 heavy (non-hydrogen) atoms. The van der Waals surface area contributed by atoms with E-state index in [0.29, 0.717) is 24.7 Å². The number of hydrogen-bond donors (Lipinski definition) is 1. The molecule has 1 N–H and O–H groups in total. The van der Waals surface area contributed by atoms with Crippen LogP contribution in [0.15, 0.2) is 59.1 Å². The zero-order valence-electron chi connectivity index (χ0n) is 16.8. The maximum absolute atomic E-state index is 12.8. The normalized spacial score (nSPS) is 11.0. The lowest BCUT2D eigenvalue weighted by Gasteiger charge is -2.01. The maximum Gasteiger partial charge on any atom is 0.243 e. The molecule has 0 aliphatic carbocycles. The van der Waals surface area contributed by atoms with Crippen LogP contribution in [0.2, 0.25) is 0 Å². The van der Waals surface area contributed by atoms with Gasteiger partial charge in [0.25, 0.3) is 0 Å². The summed E-state index contributed by atoms with van der Waals surface area (Å²) in [7, 11) is 1.62. The Labute approximate surface area is 174 Å². The van der Waals surface area contributed by atoms with E-state index < -0.39 is 0 Å². The van der Waals surface area contributed by atoms with E-state index in [9.17, 15) is 9.18 Å². The van der Waals surface area contributed by atoms with Crippen molar-refractivity contribution in [3.63, 3.8) is 0 Å². The van der Waals surface area contributed by atoms with E-state index in [1.807, 2.05) is 24.3 Å². The first kappa shape index (κ1) is 21.2. The summed E-state index contributed by atoms with van der Waals surface area (Å²) in [5.74, 6) is 1.48. The zero-order chi connectivity index (χ0) is 21.2. The first-order valence-corrected chi connectivity index (χ1v) is 9.82. The van der Waals surface area contributed by atoms with Crippen LogP contribution in [0.25, 0.3) is 17.5 Å². The highest BCUT2D eigenvalue weighted by Crippen LogP contribution is 2.20. The lowest BCUT2D eigenvalue weighted by atomic mass is 10.2. The fraction of sp³-hybridized carbons (Fsp3) is 0.261. The molecule has 1 aromatic heterocycles. The quantitative estimate of drug-likeness (QED) is 0.396. The number of carbonyl (C=O) groups excluding carboxylic acids is 1. The smallest absolute Gasteiger partial charge is 0.243 e. The van der Waals surface area contributed by atoms with Crippen molar-refractivity contribution in [3.05, 3.63) is 71.9 Å². The SMILES string of the molecule is COc1ccc(-c2noc(CCCCCNC(=O)/C=C/c3ccc(F)cc3)n2)cc1. The molecule has 0 saturated carbocycles. The first-order valence-electron chi connectivity index (χ1n) is 9.82. The van der Waals surface area contributed by atoms with Gasteiger partial charge in [0.2, 0.25) is 17.6 Å². The Morgan fingerprint density at radius 2 is 1.87 bits per heavy atom. The van der Waals surface area contributed by atoms with Gasteiger partial charge < -0.3 is 14.6 Å². The van der Waals surface area contributed by atoms with E-state index in [-0.39, 0.29) is 11.7 Å². The Hall–Kier alpha value is -3.48. The van der Waals surface area contributed by atoms with Gasteiger partial charge in [-0.3, -0.25) is 4.79 Å². The summed E-state index contributed by atoms with van der Waals surface area (Å²) in [5.41, 5.74) is 1.65. The van der Waals surface area contributed by atoms with E-state index in [2.05, 4.69) is 15.5 Å². The van der Waals surface area contributed by atoms with Crippen molar-refractivity contribution in [2.45, 2.75) is 25.7 Å². The number of halogens is 1. The van der Waals surface area contributed by atoms with Gasteiger partial charge in [-0.25, -0.2) is 4.39 Å². The Morgan fingerprint density at radius 3 is 2.60 bits per heavy atom. The summed E-state index contributed by atoms with van der Waals surface area (Å²) < 4.78 is 23.3. The van der Waals surface area contributed by atoms with Crippen LogP contribution in [0.4, 0.5) is 4.39 Å². The number of nitrogens with zero attached hydrogens (tertiary/aromatic N) is 2. The Morgan fingerprint density at radius 1 is 1.10 bits per heavy atom. The first-order chi connectivity index (χ1) is 14.6. The van der Waals surface area contributed by atoms with Crippen LogP contribution in [-0.2, 0) is 11.2 Å². The van der Waals surface area contributed by atoms with Crippen LogP contribution in [0.5, 0.6) is 5.75 Å². The molecule has 1 amide bonds. The van der Waals surface area contributed by atoms with Gasteiger partial charge in [0.15, 0.2) is 0 Å². The van der Waals surface area contributed by atoms with Gasteiger partial charge in [-0.1, -0.05) is 23.7 Å². The molecule has 0 bridgehead atoms. The van der Waals surface area contributed by atoms with E-state index in [1.54, 1.807) is 25.3 Å². The van der Waals surface area contributed by atoms with E-state index in [0.717, 1.165) is 36.1 Å². The largest absolute Gasteiger partial charge is 0.497 e. The predicted molar refractivity (Wildman–Crippen MR) is 112 cm³/mol. The van der Waals surface area contributed by atoms with Crippen molar-refractivity contribution in [2.75, 3.05) is 13.7 Å². The molecule has 0 unspecified atom stereocenters. The molecule has 0 aliphatic heterocycles. The lowest BCUT2D eigenvalue weighted by Crippen LogP contribution is -2.21. The second-order valence-corrected chi connectivity index (χ2v) is 6.73. The minimum Gasteiger partial charge on any atom is -0.497 e. The van der Waals surface area contributed by atoms with Gasteiger partial charge in [0.05, 0.1) is 7.11 Å². The predicted octanol–water partition coefficient (Wildman–Crippen LogP) is 4.43. The third kappa shape index (κ3) is 6.55.